The van der Waals surface area contributed by atoms with E-state index in [0.717, 1.165) is 5.75 Å². The smallest absolute Gasteiger partial charge is 0.220 e. The molecule has 1 unspecified atom stereocenters. The fourth-order valence-electron chi connectivity index (χ4n) is 1.51. The number of halogens is 2. The van der Waals surface area contributed by atoms with E-state index in [0.29, 0.717) is 30.7 Å². The molecule has 3 nitrogen and oxygen atoms in total. The summed E-state index contributed by atoms with van der Waals surface area (Å²) in [5, 5.41) is 2.83. The third-order valence-electron chi connectivity index (χ3n) is 2.61. The molecule has 20 heavy (non-hydrogen) atoms. The van der Waals surface area contributed by atoms with Crippen LogP contribution in [0.15, 0.2) is 24.3 Å². The number of amides is 1. The van der Waals surface area contributed by atoms with Crippen molar-refractivity contribution < 1.29 is 9.18 Å². The summed E-state index contributed by atoms with van der Waals surface area (Å²) in [6, 6.07) is 6.81. The molecule has 114 valence electrons. The SMILES string of the molecule is CC(N)CCC(=O)NCCSCc1ccccc1F.Cl. The fourth-order valence-corrected chi connectivity index (χ4v) is 2.35. The van der Waals surface area contributed by atoms with Crippen LogP contribution in [0.5, 0.6) is 0 Å². The standard InChI is InChI=1S/C14H21FN2OS.ClH/c1-11(16)6-7-14(18)17-8-9-19-10-12-4-2-3-5-13(12)15;/h2-5,11H,6-10,16H2,1H3,(H,17,18);1H. The van der Waals surface area contributed by atoms with Crippen molar-refractivity contribution in [3.05, 3.63) is 35.6 Å². The van der Waals surface area contributed by atoms with Gasteiger partial charge < -0.3 is 11.1 Å². The van der Waals surface area contributed by atoms with Crippen LogP contribution in [0.2, 0.25) is 0 Å². The molecule has 0 aromatic heterocycles. The van der Waals surface area contributed by atoms with Crippen LogP contribution in [0.1, 0.15) is 25.3 Å². The highest BCUT2D eigenvalue weighted by molar-refractivity contribution is 7.98. The van der Waals surface area contributed by atoms with Crippen molar-refractivity contribution in [3.8, 4) is 0 Å². The minimum Gasteiger partial charge on any atom is -0.355 e. The molecule has 0 spiro atoms. The van der Waals surface area contributed by atoms with Gasteiger partial charge in [-0.2, -0.15) is 11.8 Å². The molecule has 0 radical (unpaired) electrons. The van der Waals surface area contributed by atoms with Crippen molar-refractivity contribution in [3.63, 3.8) is 0 Å². The summed E-state index contributed by atoms with van der Waals surface area (Å²) in [6.45, 7) is 2.49. The van der Waals surface area contributed by atoms with Crippen molar-refractivity contribution in [2.75, 3.05) is 12.3 Å². The molecule has 0 saturated heterocycles. The first-order chi connectivity index (χ1) is 9.09. The number of benzene rings is 1. The van der Waals surface area contributed by atoms with E-state index >= 15 is 0 Å². The Hall–Kier alpha value is -0.780. The molecule has 0 bridgehead atoms. The Bertz CT molecular complexity index is 405. The molecule has 6 heteroatoms. The lowest BCUT2D eigenvalue weighted by atomic mass is 10.2. The van der Waals surface area contributed by atoms with E-state index in [1.54, 1.807) is 23.9 Å². The second-order valence-corrected chi connectivity index (χ2v) is 5.62. The molecule has 1 aromatic rings. The largest absolute Gasteiger partial charge is 0.355 e. The molecule has 0 heterocycles. The first-order valence-electron chi connectivity index (χ1n) is 6.43. The summed E-state index contributed by atoms with van der Waals surface area (Å²) in [6.07, 6.45) is 1.17. The van der Waals surface area contributed by atoms with Crippen molar-refractivity contribution in [1.82, 2.24) is 5.32 Å². The second kappa shape index (κ2) is 10.9. The molecule has 1 rings (SSSR count). The Morgan fingerprint density at radius 2 is 2.15 bits per heavy atom. The van der Waals surface area contributed by atoms with Crippen molar-refractivity contribution >= 4 is 30.1 Å². The minimum atomic E-state index is -0.170. The third-order valence-corrected chi connectivity index (χ3v) is 3.62. The summed E-state index contributed by atoms with van der Waals surface area (Å²) in [5.41, 5.74) is 6.28. The van der Waals surface area contributed by atoms with Gasteiger partial charge in [0.25, 0.3) is 0 Å². The van der Waals surface area contributed by atoms with Crippen LogP contribution in [-0.4, -0.2) is 24.2 Å². The lowest BCUT2D eigenvalue weighted by Crippen LogP contribution is -2.27. The number of hydrogen-bond acceptors (Lipinski definition) is 3. The number of rotatable bonds is 8. The highest BCUT2D eigenvalue weighted by atomic mass is 35.5. The second-order valence-electron chi connectivity index (χ2n) is 4.51. The lowest BCUT2D eigenvalue weighted by Gasteiger charge is -2.07. The molecule has 1 atom stereocenters. The van der Waals surface area contributed by atoms with Crippen LogP contribution >= 0.6 is 24.2 Å². The first-order valence-corrected chi connectivity index (χ1v) is 7.58. The van der Waals surface area contributed by atoms with Gasteiger partial charge in [0.1, 0.15) is 5.82 Å². The molecule has 0 aliphatic carbocycles. The molecule has 0 saturated carbocycles. The zero-order chi connectivity index (χ0) is 14.1. The van der Waals surface area contributed by atoms with Gasteiger partial charge in [-0.05, 0) is 25.0 Å². The molecule has 0 fully saturated rings. The number of carbonyl (C=O) groups is 1. The van der Waals surface area contributed by atoms with E-state index in [1.165, 1.54) is 6.07 Å². The van der Waals surface area contributed by atoms with Crippen LogP contribution in [0, 0.1) is 5.82 Å². The van der Waals surface area contributed by atoms with Crippen LogP contribution < -0.4 is 11.1 Å². The van der Waals surface area contributed by atoms with Gasteiger partial charge in [0.2, 0.25) is 5.91 Å². The Kier molecular flexibility index (Phi) is 10.5. The number of nitrogens with one attached hydrogen (secondary N) is 1. The van der Waals surface area contributed by atoms with Gasteiger partial charge in [0.15, 0.2) is 0 Å². The topological polar surface area (TPSA) is 55.1 Å². The van der Waals surface area contributed by atoms with Crippen molar-refractivity contribution in [2.45, 2.75) is 31.6 Å². The number of hydrogen-bond donors (Lipinski definition) is 2. The zero-order valence-electron chi connectivity index (χ0n) is 11.6. The van der Waals surface area contributed by atoms with Gasteiger partial charge in [0.05, 0.1) is 0 Å². The molecular weight excluding hydrogens is 299 g/mol. The maximum absolute atomic E-state index is 13.3. The molecule has 3 N–H and O–H groups in total. The quantitative estimate of drug-likeness (QED) is 0.724. The van der Waals surface area contributed by atoms with Crippen LogP contribution in [0.4, 0.5) is 4.39 Å². The number of nitrogens with two attached hydrogens (primary N) is 1. The highest BCUT2D eigenvalue weighted by Gasteiger charge is 2.03. The maximum atomic E-state index is 13.3. The first kappa shape index (κ1) is 19.2. The molecule has 0 aliphatic heterocycles. The van der Waals surface area contributed by atoms with Crippen LogP contribution in [0.25, 0.3) is 0 Å². The van der Waals surface area contributed by atoms with Gasteiger partial charge in [-0.1, -0.05) is 18.2 Å². The molecule has 1 amide bonds. The van der Waals surface area contributed by atoms with E-state index in [-0.39, 0.29) is 30.2 Å². The zero-order valence-corrected chi connectivity index (χ0v) is 13.2. The summed E-state index contributed by atoms with van der Waals surface area (Å²) in [4.78, 5) is 11.4. The van der Waals surface area contributed by atoms with Gasteiger partial charge in [-0.3, -0.25) is 4.79 Å². The molecule has 1 aromatic carbocycles. The normalized spacial score (nSPS) is 11.6. The number of carbonyl (C=O) groups excluding carboxylic acids is 1. The minimum absolute atomic E-state index is 0. The van der Waals surface area contributed by atoms with Gasteiger partial charge in [-0.25, -0.2) is 4.39 Å². The van der Waals surface area contributed by atoms with Gasteiger partial charge >= 0.3 is 0 Å². The average molecular weight is 321 g/mol. The summed E-state index contributed by atoms with van der Waals surface area (Å²) in [7, 11) is 0. The van der Waals surface area contributed by atoms with Gasteiger partial charge in [-0.15, -0.1) is 12.4 Å². The van der Waals surface area contributed by atoms with E-state index in [2.05, 4.69) is 5.32 Å². The van der Waals surface area contributed by atoms with E-state index in [4.69, 9.17) is 5.73 Å². The van der Waals surface area contributed by atoms with E-state index in [9.17, 15) is 9.18 Å². The molecular formula is C14H22ClFN2OS. The predicted molar refractivity (Wildman–Crippen MR) is 85.7 cm³/mol. The summed E-state index contributed by atoms with van der Waals surface area (Å²) < 4.78 is 13.3. The Morgan fingerprint density at radius 1 is 1.45 bits per heavy atom. The van der Waals surface area contributed by atoms with Crippen LogP contribution in [0.3, 0.4) is 0 Å². The lowest BCUT2D eigenvalue weighted by molar-refractivity contribution is -0.121. The molecule has 0 aliphatic rings. The Labute approximate surface area is 130 Å². The van der Waals surface area contributed by atoms with E-state index < -0.39 is 0 Å². The monoisotopic (exact) mass is 320 g/mol. The highest BCUT2D eigenvalue weighted by Crippen LogP contribution is 2.14. The average Bonchev–Trinajstić information content (AvgIpc) is 2.38. The van der Waals surface area contributed by atoms with Crippen LogP contribution in [-0.2, 0) is 10.5 Å². The van der Waals surface area contributed by atoms with Crippen molar-refractivity contribution in [1.29, 1.82) is 0 Å². The Morgan fingerprint density at radius 3 is 2.80 bits per heavy atom. The number of thioether (sulfide) groups is 1. The maximum Gasteiger partial charge on any atom is 0.220 e. The summed E-state index contributed by atoms with van der Waals surface area (Å²) in [5.74, 6) is 1.26. The van der Waals surface area contributed by atoms with Gasteiger partial charge in [0, 0.05) is 30.5 Å². The fraction of sp³-hybridized carbons (Fsp3) is 0.500. The van der Waals surface area contributed by atoms with E-state index in [1.807, 2.05) is 13.0 Å². The Balaban J connectivity index is 0.00000361. The predicted octanol–water partition coefficient (Wildman–Crippen LogP) is 2.72. The third kappa shape index (κ3) is 8.40. The van der Waals surface area contributed by atoms with Crippen molar-refractivity contribution in [2.24, 2.45) is 5.73 Å². The summed E-state index contributed by atoms with van der Waals surface area (Å²) >= 11 is 1.61.